The molecular formula is C22H29N5O4S. The van der Waals surface area contributed by atoms with Crippen molar-refractivity contribution < 1.29 is 13.2 Å². The lowest BCUT2D eigenvalue weighted by Crippen LogP contribution is -2.37. The molecule has 1 amide bonds. The predicted octanol–water partition coefficient (Wildman–Crippen LogP) is 2.27. The SMILES string of the molecule is CCN(CC)S(=O)(=O)c1ccc(=O)n(CC(=O)N[C@@H](c2nc3ccccc3[nH]2)C(C)C)c1. The van der Waals surface area contributed by atoms with Gasteiger partial charge in [0.2, 0.25) is 15.9 Å². The van der Waals surface area contributed by atoms with Crippen molar-refractivity contribution in [2.75, 3.05) is 13.1 Å². The normalized spacial score (nSPS) is 13.1. The number of aromatic nitrogens is 3. The molecule has 32 heavy (non-hydrogen) atoms. The van der Waals surface area contributed by atoms with E-state index < -0.39 is 27.5 Å². The molecule has 0 radical (unpaired) electrons. The van der Waals surface area contributed by atoms with Crippen LogP contribution in [0.1, 0.15) is 39.6 Å². The topological polar surface area (TPSA) is 117 Å². The van der Waals surface area contributed by atoms with Crippen LogP contribution in [0.5, 0.6) is 0 Å². The fourth-order valence-electron chi connectivity index (χ4n) is 3.54. The highest BCUT2D eigenvalue weighted by atomic mass is 32.2. The molecule has 0 bridgehead atoms. The summed E-state index contributed by atoms with van der Waals surface area (Å²) >= 11 is 0. The third kappa shape index (κ3) is 4.91. The van der Waals surface area contributed by atoms with Crippen molar-refractivity contribution in [3.05, 3.63) is 58.8 Å². The van der Waals surface area contributed by atoms with E-state index in [4.69, 9.17) is 0 Å². The first-order chi connectivity index (χ1) is 15.2. The number of carbonyl (C=O) groups is 1. The summed E-state index contributed by atoms with van der Waals surface area (Å²) in [6.45, 7) is 7.73. The van der Waals surface area contributed by atoms with Crippen molar-refractivity contribution in [2.24, 2.45) is 5.92 Å². The molecule has 0 unspecified atom stereocenters. The van der Waals surface area contributed by atoms with Crippen LogP contribution in [0.2, 0.25) is 0 Å². The Kier molecular flexibility index (Phi) is 7.15. The van der Waals surface area contributed by atoms with Gasteiger partial charge in [-0.05, 0) is 24.1 Å². The van der Waals surface area contributed by atoms with Crippen LogP contribution in [0.3, 0.4) is 0 Å². The molecule has 3 aromatic rings. The molecule has 0 fully saturated rings. The Hall–Kier alpha value is -2.98. The summed E-state index contributed by atoms with van der Waals surface area (Å²) in [7, 11) is -3.74. The second-order valence-electron chi connectivity index (χ2n) is 7.85. The quantitative estimate of drug-likeness (QED) is 0.509. The van der Waals surface area contributed by atoms with Gasteiger partial charge < -0.3 is 14.9 Å². The summed E-state index contributed by atoms with van der Waals surface area (Å²) in [5.74, 6) is 0.244. The maximum absolute atomic E-state index is 12.8. The van der Waals surface area contributed by atoms with E-state index in [-0.39, 0.29) is 17.4 Å². The van der Waals surface area contributed by atoms with Crippen molar-refractivity contribution in [2.45, 2.75) is 45.2 Å². The average Bonchev–Trinajstić information content (AvgIpc) is 3.17. The highest BCUT2D eigenvalue weighted by molar-refractivity contribution is 7.89. The van der Waals surface area contributed by atoms with E-state index in [1.165, 1.54) is 22.6 Å². The third-order valence-corrected chi connectivity index (χ3v) is 7.33. The van der Waals surface area contributed by atoms with Crippen LogP contribution in [0.4, 0.5) is 0 Å². The minimum absolute atomic E-state index is 0.0220. The lowest BCUT2D eigenvalue weighted by atomic mass is 10.0. The van der Waals surface area contributed by atoms with Crippen LogP contribution in [0.15, 0.2) is 52.3 Å². The Balaban J connectivity index is 1.83. The average molecular weight is 460 g/mol. The van der Waals surface area contributed by atoms with Crippen LogP contribution in [0.25, 0.3) is 11.0 Å². The zero-order valence-electron chi connectivity index (χ0n) is 18.7. The molecule has 10 heteroatoms. The number of benzene rings is 1. The summed E-state index contributed by atoms with van der Waals surface area (Å²) in [6.07, 6.45) is 1.22. The van der Waals surface area contributed by atoms with Crippen LogP contribution in [-0.4, -0.2) is 46.3 Å². The van der Waals surface area contributed by atoms with Gasteiger partial charge in [0, 0.05) is 25.4 Å². The first-order valence-corrected chi connectivity index (χ1v) is 12.1. The number of H-pyrrole nitrogens is 1. The molecular weight excluding hydrogens is 430 g/mol. The maximum atomic E-state index is 12.8. The molecule has 2 heterocycles. The zero-order chi connectivity index (χ0) is 23.5. The van der Waals surface area contributed by atoms with Crippen molar-refractivity contribution in [3.63, 3.8) is 0 Å². The molecule has 0 saturated heterocycles. The molecule has 0 aliphatic carbocycles. The first kappa shape index (κ1) is 23.7. The van der Waals surface area contributed by atoms with Gasteiger partial charge in [-0.3, -0.25) is 9.59 Å². The molecule has 1 aromatic carbocycles. The second-order valence-corrected chi connectivity index (χ2v) is 9.79. The molecule has 0 aliphatic rings. The molecule has 0 saturated carbocycles. The van der Waals surface area contributed by atoms with Gasteiger partial charge in [0.15, 0.2) is 0 Å². The number of fused-ring (bicyclic) bond motifs is 1. The smallest absolute Gasteiger partial charge is 0.251 e. The highest BCUT2D eigenvalue weighted by Crippen LogP contribution is 2.22. The minimum Gasteiger partial charge on any atom is -0.344 e. The Labute approximate surface area is 187 Å². The molecule has 172 valence electrons. The summed E-state index contributed by atoms with van der Waals surface area (Å²) in [6, 6.07) is 9.63. The highest BCUT2D eigenvalue weighted by Gasteiger charge is 2.24. The number of hydrogen-bond acceptors (Lipinski definition) is 5. The number of rotatable bonds is 9. The number of nitrogens with zero attached hydrogens (tertiary/aromatic N) is 3. The number of hydrogen-bond donors (Lipinski definition) is 2. The number of aromatic amines is 1. The molecule has 9 nitrogen and oxygen atoms in total. The lowest BCUT2D eigenvalue weighted by Gasteiger charge is -2.21. The number of amides is 1. The standard InChI is InChI=1S/C22H29N5O4S/c1-5-27(6-2)32(30,31)16-11-12-20(29)26(13-16)14-19(28)25-21(15(3)4)22-23-17-9-7-8-10-18(17)24-22/h7-13,15,21H,5-6,14H2,1-4H3,(H,23,24)(H,25,28)/t21-/m1/s1. The van der Waals surface area contributed by atoms with Crippen molar-refractivity contribution >= 4 is 27.0 Å². The Bertz CT molecular complexity index is 1230. The Morgan fingerprint density at radius 3 is 2.47 bits per heavy atom. The lowest BCUT2D eigenvalue weighted by molar-refractivity contribution is -0.122. The second kappa shape index (κ2) is 9.66. The summed E-state index contributed by atoms with van der Waals surface area (Å²) in [5.41, 5.74) is 1.21. The fraction of sp³-hybridized carbons (Fsp3) is 0.409. The van der Waals surface area contributed by atoms with E-state index in [1.54, 1.807) is 13.8 Å². The number of pyridine rings is 1. The molecule has 0 aliphatic heterocycles. The van der Waals surface area contributed by atoms with E-state index in [1.807, 2.05) is 38.1 Å². The summed E-state index contributed by atoms with van der Waals surface area (Å²) < 4.78 is 28.0. The molecule has 3 rings (SSSR count). The van der Waals surface area contributed by atoms with Gasteiger partial charge in [0.05, 0.1) is 22.0 Å². The van der Waals surface area contributed by atoms with Gasteiger partial charge in [-0.1, -0.05) is 39.8 Å². The van der Waals surface area contributed by atoms with Gasteiger partial charge in [0.25, 0.3) is 5.56 Å². The number of nitrogens with one attached hydrogen (secondary N) is 2. The summed E-state index contributed by atoms with van der Waals surface area (Å²) in [4.78, 5) is 32.9. The van der Waals surface area contributed by atoms with E-state index >= 15 is 0 Å². The predicted molar refractivity (Wildman–Crippen MR) is 123 cm³/mol. The van der Waals surface area contributed by atoms with Crippen LogP contribution >= 0.6 is 0 Å². The van der Waals surface area contributed by atoms with Crippen LogP contribution < -0.4 is 10.9 Å². The van der Waals surface area contributed by atoms with Gasteiger partial charge in [-0.15, -0.1) is 0 Å². The van der Waals surface area contributed by atoms with E-state index in [0.717, 1.165) is 15.6 Å². The fourth-order valence-corrected chi connectivity index (χ4v) is 5.02. The van der Waals surface area contributed by atoms with Crippen molar-refractivity contribution in [3.8, 4) is 0 Å². The van der Waals surface area contributed by atoms with Gasteiger partial charge in [0.1, 0.15) is 12.4 Å². The van der Waals surface area contributed by atoms with E-state index in [9.17, 15) is 18.0 Å². The number of carbonyl (C=O) groups excluding carboxylic acids is 1. The maximum Gasteiger partial charge on any atom is 0.251 e. The minimum atomic E-state index is -3.74. The van der Waals surface area contributed by atoms with E-state index in [2.05, 4.69) is 15.3 Å². The van der Waals surface area contributed by atoms with E-state index in [0.29, 0.717) is 18.9 Å². The van der Waals surface area contributed by atoms with Crippen LogP contribution in [-0.2, 0) is 21.4 Å². The molecule has 0 spiro atoms. The molecule has 2 aromatic heterocycles. The largest absolute Gasteiger partial charge is 0.344 e. The first-order valence-electron chi connectivity index (χ1n) is 10.6. The Morgan fingerprint density at radius 1 is 1.16 bits per heavy atom. The molecule has 1 atom stereocenters. The van der Waals surface area contributed by atoms with Gasteiger partial charge in [-0.25, -0.2) is 13.4 Å². The number of imidazole rings is 1. The van der Waals surface area contributed by atoms with Crippen molar-refractivity contribution in [1.82, 2.24) is 24.2 Å². The monoisotopic (exact) mass is 459 g/mol. The number of para-hydroxylation sites is 2. The zero-order valence-corrected chi connectivity index (χ0v) is 19.5. The van der Waals surface area contributed by atoms with Gasteiger partial charge in [-0.2, -0.15) is 4.31 Å². The number of sulfonamides is 1. The Morgan fingerprint density at radius 2 is 1.84 bits per heavy atom. The van der Waals surface area contributed by atoms with Gasteiger partial charge >= 0.3 is 0 Å². The molecule has 2 N–H and O–H groups in total. The van der Waals surface area contributed by atoms with Crippen LogP contribution in [0, 0.1) is 5.92 Å². The third-order valence-electron chi connectivity index (χ3n) is 5.30. The van der Waals surface area contributed by atoms with Crippen molar-refractivity contribution in [1.29, 1.82) is 0 Å². The summed E-state index contributed by atoms with van der Waals surface area (Å²) in [5, 5.41) is 2.92.